The smallest absolute Gasteiger partial charge is 0.269 e. The molecule has 1 aromatic carbocycles. The molecule has 6 nitrogen and oxygen atoms in total. The zero-order valence-electron chi connectivity index (χ0n) is 9.67. The SMILES string of the molecule is COCC(=O)NC(C)c1cccc([N+](=O)[O-])c1. The zero-order chi connectivity index (χ0) is 12.8. The molecule has 0 aliphatic carbocycles. The van der Waals surface area contributed by atoms with Gasteiger partial charge in [-0.15, -0.1) is 0 Å². The lowest BCUT2D eigenvalue weighted by Crippen LogP contribution is -2.29. The van der Waals surface area contributed by atoms with Gasteiger partial charge in [0.15, 0.2) is 0 Å². The minimum atomic E-state index is -0.465. The fourth-order valence-corrected chi connectivity index (χ4v) is 1.41. The molecule has 0 bridgehead atoms. The van der Waals surface area contributed by atoms with Crippen LogP contribution in [0.3, 0.4) is 0 Å². The number of nitro benzene ring substituents is 1. The lowest BCUT2D eigenvalue weighted by Gasteiger charge is -2.13. The summed E-state index contributed by atoms with van der Waals surface area (Å²) in [6.45, 7) is 1.73. The summed E-state index contributed by atoms with van der Waals surface area (Å²) < 4.78 is 4.68. The summed E-state index contributed by atoms with van der Waals surface area (Å²) in [6, 6.07) is 5.87. The second kappa shape index (κ2) is 5.95. The molecule has 1 aromatic rings. The Kier molecular flexibility index (Phi) is 4.59. The summed E-state index contributed by atoms with van der Waals surface area (Å²) in [5.41, 5.74) is 0.694. The number of nitrogens with one attached hydrogen (secondary N) is 1. The predicted molar refractivity (Wildman–Crippen MR) is 61.5 cm³/mol. The van der Waals surface area contributed by atoms with E-state index in [0.717, 1.165) is 0 Å². The van der Waals surface area contributed by atoms with Gasteiger partial charge in [0.05, 0.1) is 11.0 Å². The van der Waals surface area contributed by atoms with Crippen LogP contribution in [-0.2, 0) is 9.53 Å². The summed E-state index contributed by atoms with van der Waals surface area (Å²) in [5.74, 6) is -0.258. The van der Waals surface area contributed by atoms with E-state index in [1.54, 1.807) is 19.1 Å². The molecule has 0 saturated heterocycles. The third-order valence-electron chi connectivity index (χ3n) is 2.23. The molecule has 1 atom stereocenters. The van der Waals surface area contributed by atoms with E-state index in [-0.39, 0.29) is 24.2 Å². The largest absolute Gasteiger partial charge is 0.375 e. The molecular formula is C11H14N2O4. The lowest BCUT2D eigenvalue weighted by molar-refractivity contribution is -0.384. The standard InChI is InChI=1S/C11H14N2O4/c1-8(12-11(14)7-17-2)9-4-3-5-10(6-9)13(15)16/h3-6,8H,7H2,1-2H3,(H,12,14). The van der Waals surface area contributed by atoms with E-state index >= 15 is 0 Å². The van der Waals surface area contributed by atoms with Crippen LogP contribution in [0.5, 0.6) is 0 Å². The monoisotopic (exact) mass is 238 g/mol. The van der Waals surface area contributed by atoms with Gasteiger partial charge in [-0.1, -0.05) is 12.1 Å². The first-order chi connectivity index (χ1) is 8.04. The second-order valence-corrected chi connectivity index (χ2v) is 3.57. The number of carbonyl (C=O) groups is 1. The molecule has 0 fully saturated rings. The number of benzene rings is 1. The third kappa shape index (κ3) is 3.84. The first-order valence-corrected chi connectivity index (χ1v) is 5.07. The summed E-state index contributed by atoms with van der Waals surface area (Å²) in [4.78, 5) is 21.4. The molecule has 0 radical (unpaired) electrons. The van der Waals surface area contributed by atoms with E-state index in [2.05, 4.69) is 10.1 Å². The highest BCUT2D eigenvalue weighted by atomic mass is 16.6. The normalized spacial score (nSPS) is 11.9. The van der Waals surface area contributed by atoms with Crippen molar-refractivity contribution in [3.05, 3.63) is 39.9 Å². The van der Waals surface area contributed by atoms with Gasteiger partial charge < -0.3 is 10.1 Å². The number of ether oxygens (including phenoxy) is 1. The van der Waals surface area contributed by atoms with Crippen molar-refractivity contribution in [3.63, 3.8) is 0 Å². The first-order valence-electron chi connectivity index (χ1n) is 5.07. The van der Waals surface area contributed by atoms with Crippen LogP contribution < -0.4 is 5.32 Å². The molecule has 92 valence electrons. The number of nitro groups is 1. The Morgan fingerprint density at radius 2 is 2.29 bits per heavy atom. The minimum Gasteiger partial charge on any atom is -0.375 e. The lowest BCUT2D eigenvalue weighted by atomic mass is 10.1. The Morgan fingerprint density at radius 1 is 1.59 bits per heavy atom. The molecule has 17 heavy (non-hydrogen) atoms. The highest BCUT2D eigenvalue weighted by Gasteiger charge is 2.12. The van der Waals surface area contributed by atoms with E-state index in [1.807, 2.05) is 0 Å². The van der Waals surface area contributed by atoms with Crippen molar-refractivity contribution in [2.75, 3.05) is 13.7 Å². The van der Waals surface area contributed by atoms with Gasteiger partial charge in [0.1, 0.15) is 6.61 Å². The van der Waals surface area contributed by atoms with Crippen molar-refractivity contribution in [3.8, 4) is 0 Å². The highest BCUT2D eigenvalue weighted by Crippen LogP contribution is 2.18. The van der Waals surface area contributed by atoms with Crippen LogP contribution in [0.15, 0.2) is 24.3 Å². The third-order valence-corrected chi connectivity index (χ3v) is 2.23. The number of methoxy groups -OCH3 is 1. The van der Waals surface area contributed by atoms with Gasteiger partial charge in [-0.25, -0.2) is 0 Å². The van der Waals surface area contributed by atoms with Crippen LogP contribution in [0.1, 0.15) is 18.5 Å². The molecule has 1 amide bonds. The number of non-ortho nitro benzene ring substituents is 1. The van der Waals surface area contributed by atoms with Crippen molar-refractivity contribution in [2.45, 2.75) is 13.0 Å². The van der Waals surface area contributed by atoms with E-state index in [9.17, 15) is 14.9 Å². The average molecular weight is 238 g/mol. The van der Waals surface area contributed by atoms with Crippen molar-refractivity contribution in [1.82, 2.24) is 5.32 Å². The molecule has 6 heteroatoms. The quantitative estimate of drug-likeness (QED) is 0.621. The summed E-state index contributed by atoms with van der Waals surface area (Å²) >= 11 is 0. The number of hydrogen-bond acceptors (Lipinski definition) is 4. The van der Waals surface area contributed by atoms with Crippen LogP contribution >= 0.6 is 0 Å². The topological polar surface area (TPSA) is 81.5 Å². The van der Waals surface area contributed by atoms with E-state index in [4.69, 9.17) is 0 Å². The van der Waals surface area contributed by atoms with E-state index in [1.165, 1.54) is 19.2 Å². The van der Waals surface area contributed by atoms with Crippen LogP contribution in [0.4, 0.5) is 5.69 Å². The molecular weight excluding hydrogens is 224 g/mol. The summed E-state index contributed by atoms with van der Waals surface area (Å²) in [5, 5.41) is 13.3. The van der Waals surface area contributed by atoms with Gasteiger partial charge in [0, 0.05) is 19.2 Å². The Balaban J connectivity index is 2.75. The molecule has 0 aliphatic heterocycles. The van der Waals surface area contributed by atoms with E-state index in [0.29, 0.717) is 5.56 Å². The van der Waals surface area contributed by atoms with Crippen LogP contribution in [0, 0.1) is 10.1 Å². The van der Waals surface area contributed by atoms with Crippen molar-refractivity contribution >= 4 is 11.6 Å². The first kappa shape index (κ1) is 13.1. The van der Waals surface area contributed by atoms with Crippen molar-refractivity contribution in [2.24, 2.45) is 0 Å². The molecule has 0 spiro atoms. The zero-order valence-corrected chi connectivity index (χ0v) is 9.67. The van der Waals surface area contributed by atoms with Crippen LogP contribution in [0.2, 0.25) is 0 Å². The summed E-state index contributed by atoms with van der Waals surface area (Å²) in [6.07, 6.45) is 0. The van der Waals surface area contributed by atoms with Crippen molar-refractivity contribution in [1.29, 1.82) is 0 Å². The second-order valence-electron chi connectivity index (χ2n) is 3.57. The van der Waals surface area contributed by atoms with Gasteiger partial charge in [0.25, 0.3) is 5.69 Å². The molecule has 1 N–H and O–H groups in total. The Hall–Kier alpha value is -1.95. The van der Waals surface area contributed by atoms with Gasteiger partial charge >= 0.3 is 0 Å². The van der Waals surface area contributed by atoms with Gasteiger partial charge in [-0.2, -0.15) is 0 Å². The van der Waals surface area contributed by atoms with Gasteiger partial charge in [-0.3, -0.25) is 14.9 Å². The number of hydrogen-bond donors (Lipinski definition) is 1. The number of rotatable bonds is 5. The van der Waals surface area contributed by atoms with Crippen molar-refractivity contribution < 1.29 is 14.5 Å². The molecule has 1 rings (SSSR count). The number of nitrogens with zero attached hydrogens (tertiary/aromatic N) is 1. The maximum absolute atomic E-state index is 11.3. The summed E-state index contributed by atoms with van der Waals surface area (Å²) in [7, 11) is 1.43. The van der Waals surface area contributed by atoms with Crippen LogP contribution in [0.25, 0.3) is 0 Å². The van der Waals surface area contributed by atoms with Gasteiger partial charge in [-0.05, 0) is 12.5 Å². The average Bonchev–Trinajstić information content (AvgIpc) is 2.29. The highest BCUT2D eigenvalue weighted by molar-refractivity contribution is 5.77. The van der Waals surface area contributed by atoms with Crippen LogP contribution in [-0.4, -0.2) is 24.5 Å². The Labute approximate surface area is 98.7 Å². The number of carbonyl (C=O) groups excluding carboxylic acids is 1. The fourth-order valence-electron chi connectivity index (χ4n) is 1.41. The molecule has 0 saturated carbocycles. The number of amides is 1. The maximum Gasteiger partial charge on any atom is 0.269 e. The molecule has 0 aromatic heterocycles. The fraction of sp³-hybridized carbons (Fsp3) is 0.364. The Bertz CT molecular complexity index is 420. The Morgan fingerprint density at radius 3 is 2.88 bits per heavy atom. The van der Waals surface area contributed by atoms with E-state index < -0.39 is 4.92 Å². The molecule has 0 aliphatic rings. The van der Waals surface area contributed by atoms with Gasteiger partial charge in [0.2, 0.25) is 5.91 Å². The molecule has 1 unspecified atom stereocenters. The molecule has 0 heterocycles. The maximum atomic E-state index is 11.3. The predicted octanol–water partition coefficient (Wildman–Crippen LogP) is 1.42. The minimum absolute atomic E-state index is 0.00957.